The molecule has 2 unspecified atom stereocenters. The molecule has 0 radical (unpaired) electrons. The third kappa shape index (κ3) is 4.02. The van der Waals surface area contributed by atoms with Crippen LogP contribution in [-0.4, -0.2) is 33.1 Å². The van der Waals surface area contributed by atoms with Crippen molar-refractivity contribution in [3.8, 4) is 0 Å². The van der Waals surface area contributed by atoms with Crippen molar-refractivity contribution in [1.82, 2.24) is 5.43 Å². The number of nitrogens with one attached hydrogen (secondary N) is 1. The van der Waals surface area contributed by atoms with Gasteiger partial charge in [-0.1, -0.05) is 24.3 Å². The maximum atomic E-state index is 11.2. The van der Waals surface area contributed by atoms with Crippen LogP contribution in [0.5, 0.6) is 0 Å². The lowest BCUT2D eigenvalue weighted by atomic mass is 9.92. The first-order valence-electron chi connectivity index (χ1n) is 6.84. The zero-order chi connectivity index (χ0) is 14.6. The molecule has 0 aliphatic carbocycles. The molecule has 0 bridgehead atoms. The van der Waals surface area contributed by atoms with E-state index >= 15 is 0 Å². The molecule has 20 heavy (non-hydrogen) atoms. The highest BCUT2D eigenvalue weighted by molar-refractivity contribution is 7.90. The predicted octanol–water partition coefficient (Wildman–Crippen LogP) is 0.957. The van der Waals surface area contributed by atoms with Gasteiger partial charge in [0, 0.05) is 12.0 Å². The van der Waals surface area contributed by atoms with Gasteiger partial charge < -0.3 is 4.74 Å². The van der Waals surface area contributed by atoms with Gasteiger partial charge in [0.2, 0.25) is 0 Å². The Morgan fingerprint density at radius 2 is 2.20 bits per heavy atom. The van der Waals surface area contributed by atoms with Crippen LogP contribution in [0.2, 0.25) is 0 Å². The van der Waals surface area contributed by atoms with Crippen LogP contribution in [-0.2, 0) is 21.0 Å². The Balaban J connectivity index is 2.05. The van der Waals surface area contributed by atoms with Crippen LogP contribution in [0.4, 0.5) is 0 Å². The summed E-state index contributed by atoms with van der Waals surface area (Å²) in [7, 11) is -2.93. The van der Waals surface area contributed by atoms with Crippen LogP contribution in [0.1, 0.15) is 30.1 Å². The molecule has 0 spiro atoms. The van der Waals surface area contributed by atoms with Crippen LogP contribution >= 0.6 is 0 Å². The van der Waals surface area contributed by atoms with E-state index in [1.165, 1.54) is 11.8 Å². The van der Waals surface area contributed by atoms with Gasteiger partial charge in [-0.3, -0.25) is 11.3 Å². The molecule has 3 N–H and O–H groups in total. The summed E-state index contributed by atoms with van der Waals surface area (Å²) in [5, 5.41) is 0. The fourth-order valence-corrected chi connectivity index (χ4v) is 3.34. The summed E-state index contributed by atoms with van der Waals surface area (Å²) in [4.78, 5) is 0. The Bertz CT molecular complexity index is 545. The molecule has 0 saturated heterocycles. The summed E-state index contributed by atoms with van der Waals surface area (Å²) in [6.07, 6.45) is 3.31. The maximum absolute atomic E-state index is 11.2. The number of hydrogen-bond acceptors (Lipinski definition) is 5. The summed E-state index contributed by atoms with van der Waals surface area (Å²) in [6.45, 7) is 0.673. The molecule has 1 heterocycles. The lowest BCUT2D eigenvalue weighted by Crippen LogP contribution is -2.42. The lowest BCUT2D eigenvalue weighted by Gasteiger charge is -2.32. The minimum atomic E-state index is -2.93. The molecule has 2 atom stereocenters. The van der Waals surface area contributed by atoms with Crippen LogP contribution in [0.25, 0.3) is 0 Å². The van der Waals surface area contributed by atoms with E-state index in [9.17, 15) is 8.42 Å². The molecule has 0 fully saturated rings. The molecule has 6 heteroatoms. The highest BCUT2D eigenvalue weighted by atomic mass is 32.2. The smallest absolute Gasteiger partial charge is 0.147 e. The Labute approximate surface area is 120 Å². The van der Waals surface area contributed by atoms with E-state index < -0.39 is 9.84 Å². The van der Waals surface area contributed by atoms with Gasteiger partial charge in [0.15, 0.2) is 0 Å². The van der Waals surface area contributed by atoms with Crippen molar-refractivity contribution in [3.63, 3.8) is 0 Å². The van der Waals surface area contributed by atoms with Crippen molar-refractivity contribution in [1.29, 1.82) is 0 Å². The monoisotopic (exact) mass is 298 g/mol. The number of hydrogen-bond donors (Lipinski definition) is 2. The summed E-state index contributed by atoms with van der Waals surface area (Å²) in [6, 6.07) is 8.10. The molecule has 0 amide bonds. The highest BCUT2D eigenvalue weighted by Gasteiger charge is 2.27. The molecule has 5 nitrogen and oxygen atoms in total. The van der Waals surface area contributed by atoms with E-state index in [0.717, 1.165) is 12.0 Å². The summed E-state index contributed by atoms with van der Waals surface area (Å²) >= 11 is 0. The Morgan fingerprint density at radius 1 is 1.45 bits per heavy atom. The number of hydrazine groups is 1. The van der Waals surface area contributed by atoms with Gasteiger partial charge in [-0.25, -0.2) is 8.42 Å². The second kappa shape index (κ2) is 6.67. The second-order valence-electron chi connectivity index (χ2n) is 5.29. The molecule has 0 saturated carbocycles. The number of fused-ring (bicyclic) bond motifs is 1. The van der Waals surface area contributed by atoms with E-state index in [1.807, 2.05) is 12.1 Å². The van der Waals surface area contributed by atoms with Crippen molar-refractivity contribution >= 4 is 9.84 Å². The average Bonchev–Trinajstić information content (AvgIpc) is 2.42. The summed E-state index contributed by atoms with van der Waals surface area (Å²) in [5.41, 5.74) is 5.22. The van der Waals surface area contributed by atoms with E-state index in [4.69, 9.17) is 10.6 Å². The van der Waals surface area contributed by atoms with E-state index in [0.29, 0.717) is 19.4 Å². The highest BCUT2D eigenvalue weighted by Crippen LogP contribution is 2.30. The molecule has 1 aliphatic heterocycles. The quantitative estimate of drug-likeness (QED) is 0.604. The van der Waals surface area contributed by atoms with Crippen molar-refractivity contribution in [2.24, 2.45) is 5.84 Å². The number of rotatable bonds is 6. The zero-order valence-electron chi connectivity index (χ0n) is 11.7. The van der Waals surface area contributed by atoms with Crippen LogP contribution in [0.3, 0.4) is 0 Å². The van der Waals surface area contributed by atoms with Crippen molar-refractivity contribution in [3.05, 3.63) is 35.4 Å². The van der Waals surface area contributed by atoms with Gasteiger partial charge in [0.05, 0.1) is 18.8 Å². The molecule has 1 aromatic rings. The standard InChI is InChI=1S/C14H22N2O3S/c1-20(17,18)10-4-7-13(16-15)14-12-6-3-2-5-11(12)8-9-19-14/h2-3,5-6,13-14,16H,4,7-10,15H2,1H3. The third-order valence-corrected chi connectivity index (χ3v) is 4.67. The minimum absolute atomic E-state index is 0.0711. The van der Waals surface area contributed by atoms with Crippen LogP contribution in [0, 0.1) is 0 Å². The maximum Gasteiger partial charge on any atom is 0.147 e. The number of benzene rings is 1. The van der Waals surface area contributed by atoms with Crippen molar-refractivity contribution in [2.45, 2.75) is 31.4 Å². The average molecular weight is 298 g/mol. The van der Waals surface area contributed by atoms with Gasteiger partial charge in [-0.05, 0) is 30.4 Å². The molecule has 0 aromatic heterocycles. The fourth-order valence-electron chi connectivity index (χ4n) is 2.65. The SMILES string of the molecule is CS(=O)(=O)CCCC(NN)C1OCCc2ccccc21. The predicted molar refractivity (Wildman–Crippen MR) is 78.9 cm³/mol. The molecule has 1 aromatic carbocycles. The van der Waals surface area contributed by atoms with Crippen LogP contribution in [0.15, 0.2) is 24.3 Å². The number of sulfone groups is 1. The molecule has 1 aliphatic rings. The van der Waals surface area contributed by atoms with Crippen molar-refractivity contribution in [2.75, 3.05) is 18.6 Å². The van der Waals surface area contributed by atoms with Crippen LogP contribution < -0.4 is 11.3 Å². The Hall–Kier alpha value is -0.950. The largest absolute Gasteiger partial charge is 0.371 e. The van der Waals surface area contributed by atoms with Crippen molar-refractivity contribution < 1.29 is 13.2 Å². The lowest BCUT2D eigenvalue weighted by molar-refractivity contribution is 0.0131. The Kier molecular flexibility index (Phi) is 5.15. The van der Waals surface area contributed by atoms with Gasteiger partial charge >= 0.3 is 0 Å². The van der Waals surface area contributed by atoms with E-state index in [2.05, 4.69) is 17.6 Å². The summed E-state index contributed by atoms with van der Waals surface area (Å²) < 4.78 is 28.2. The van der Waals surface area contributed by atoms with Gasteiger partial charge in [-0.2, -0.15) is 0 Å². The summed E-state index contributed by atoms with van der Waals surface area (Å²) in [5.74, 6) is 5.81. The Morgan fingerprint density at radius 3 is 2.90 bits per heavy atom. The number of nitrogens with two attached hydrogens (primary N) is 1. The fraction of sp³-hybridized carbons (Fsp3) is 0.571. The second-order valence-corrected chi connectivity index (χ2v) is 7.55. The molecular weight excluding hydrogens is 276 g/mol. The van der Waals surface area contributed by atoms with E-state index in [-0.39, 0.29) is 17.9 Å². The third-order valence-electron chi connectivity index (χ3n) is 3.64. The van der Waals surface area contributed by atoms with E-state index in [1.54, 1.807) is 0 Å². The van der Waals surface area contributed by atoms with Gasteiger partial charge in [0.25, 0.3) is 0 Å². The first-order valence-corrected chi connectivity index (χ1v) is 8.90. The minimum Gasteiger partial charge on any atom is -0.371 e. The first kappa shape index (κ1) is 15.4. The molecule has 112 valence electrons. The topological polar surface area (TPSA) is 81.4 Å². The number of ether oxygens (including phenoxy) is 1. The molecule has 2 rings (SSSR count). The van der Waals surface area contributed by atoms with Gasteiger partial charge in [-0.15, -0.1) is 0 Å². The van der Waals surface area contributed by atoms with Gasteiger partial charge in [0.1, 0.15) is 9.84 Å². The molecular formula is C14H22N2O3S. The first-order chi connectivity index (χ1) is 9.51. The normalized spacial score (nSPS) is 20.4. The zero-order valence-corrected chi connectivity index (χ0v) is 12.5.